The van der Waals surface area contributed by atoms with Gasteiger partial charge in [-0.2, -0.15) is 0 Å². The van der Waals surface area contributed by atoms with Crippen molar-refractivity contribution in [2.45, 2.75) is 19.5 Å². The monoisotopic (exact) mass is 416 g/mol. The van der Waals surface area contributed by atoms with E-state index < -0.39 is 11.6 Å². The summed E-state index contributed by atoms with van der Waals surface area (Å²) < 4.78 is 27.1. The first-order valence-electron chi connectivity index (χ1n) is 9.88. The van der Waals surface area contributed by atoms with Gasteiger partial charge in [-0.3, -0.25) is 9.88 Å². The summed E-state index contributed by atoms with van der Waals surface area (Å²) in [6.45, 7) is 2.32. The molecule has 0 amide bonds. The summed E-state index contributed by atoms with van der Waals surface area (Å²) >= 11 is 0. The van der Waals surface area contributed by atoms with Crippen molar-refractivity contribution in [2.24, 2.45) is 0 Å². The Balaban J connectivity index is 1.28. The van der Waals surface area contributed by atoms with Crippen molar-refractivity contribution in [3.05, 3.63) is 89.9 Å². The summed E-state index contributed by atoms with van der Waals surface area (Å²) in [7, 11) is 0. The van der Waals surface area contributed by atoms with E-state index in [1.54, 1.807) is 24.7 Å². The van der Waals surface area contributed by atoms with Gasteiger partial charge in [-0.25, -0.2) is 28.7 Å². The number of fused-ring (bicyclic) bond motifs is 1. The Bertz CT molecular complexity index is 1210. The maximum atomic E-state index is 14.0. The van der Waals surface area contributed by atoms with Crippen molar-refractivity contribution < 1.29 is 8.78 Å². The second-order valence-corrected chi connectivity index (χ2v) is 7.43. The van der Waals surface area contributed by atoms with Crippen molar-refractivity contribution in [3.63, 3.8) is 0 Å². The summed E-state index contributed by atoms with van der Waals surface area (Å²) in [4.78, 5) is 23.9. The van der Waals surface area contributed by atoms with Gasteiger partial charge in [0.1, 0.15) is 18.0 Å². The minimum Gasteiger partial charge on any atom is -0.294 e. The highest BCUT2D eigenvalue weighted by atomic mass is 19.1. The molecule has 0 fully saturated rings. The van der Waals surface area contributed by atoms with Crippen molar-refractivity contribution in [1.29, 1.82) is 0 Å². The topological polar surface area (TPSA) is 67.7 Å². The van der Waals surface area contributed by atoms with E-state index >= 15 is 0 Å². The Morgan fingerprint density at radius 2 is 1.81 bits per heavy atom. The summed E-state index contributed by atoms with van der Waals surface area (Å²) in [5.41, 5.74) is 4.74. The van der Waals surface area contributed by atoms with Gasteiger partial charge in [0, 0.05) is 68.0 Å². The van der Waals surface area contributed by atoms with Gasteiger partial charge in [0.25, 0.3) is 0 Å². The SMILES string of the molecule is Fc1ccc(-c2ccc(CN3CCc4nc(-c5cncnc5)ncc4C3)cn2)c(F)c1. The van der Waals surface area contributed by atoms with Crippen molar-refractivity contribution >= 4 is 0 Å². The lowest BCUT2D eigenvalue weighted by Crippen LogP contribution is -2.31. The summed E-state index contributed by atoms with van der Waals surface area (Å²) in [5.74, 6) is -0.577. The Kier molecular flexibility index (Phi) is 5.13. The van der Waals surface area contributed by atoms with Crippen LogP contribution < -0.4 is 0 Å². The van der Waals surface area contributed by atoms with E-state index in [1.807, 2.05) is 12.3 Å². The minimum atomic E-state index is -0.616. The van der Waals surface area contributed by atoms with Crippen LogP contribution in [0.15, 0.2) is 61.4 Å². The van der Waals surface area contributed by atoms with Crippen LogP contribution in [-0.4, -0.2) is 36.4 Å². The molecule has 0 saturated carbocycles. The average Bonchev–Trinajstić information content (AvgIpc) is 2.80. The molecule has 0 unspecified atom stereocenters. The highest BCUT2D eigenvalue weighted by Gasteiger charge is 2.19. The van der Waals surface area contributed by atoms with Crippen molar-refractivity contribution in [3.8, 4) is 22.6 Å². The molecule has 31 heavy (non-hydrogen) atoms. The van der Waals surface area contributed by atoms with Gasteiger partial charge in [-0.1, -0.05) is 6.07 Å². The third-order valence-electron chi connectivity index (χ3n) is 5.27. The van der Waals surface area contributed by atoms with E-state index in [1.165, 1.54) is 18.5 Å². The van der Waals surface area contributed by atoms with Gasteiger partial charge in [0.2, 0.25) is 0 Å². The van der Waals surface area contributed by atoms with Gasteiger partial charge in [-0.15, -0.1) is 0 Å². The highest BCUT2D eigenvalue weighted by Crippen LogP contribution is 2.24. The zero-order valence-corrected chi connectivity index (χ0v) is 16.5. The fourth-order valence-electron chi connectivity index (χ4n) is 3.70. The second kappa shape index (κ2) is 8.23. The zero-order chi connectivity index (χ0) is 21.2. The lowest BCUT2D eigenvalue weighted by Gasteiger charge is -2.28. The smallest absolute Gasteiger partial charge is 0.162 e. The number of hydrogen-bond donors (Lipinski definition) is 0. The van der Waals surface area contributed by atoms with Crippen LogP contribution in [0.3, 0.4) is 0 Å². The largest absolute Gasteiger partial charge is 0.294 e. The van der Waals surface area contributed by atoms with Crippen LogP contribution >= 0.6 is 0 Å². The van der Waals surface area contributed by atoms with Crippen LogP contribution in [0.5, 0.6) is 0 Å². The minimum absolute atomic E-state index is 0.289. The van der Waals surface area contributed by atoms with Crippen LogP contribution in [0.2, 0.25) is 0 Å². The molecular weight excluding hydrogens is 398 g/mol. The molecule has 8 heteroatoms. The van der Waals surface area contributed by atoms with E-state index in [0.29, 0.717) is 18.1 Å². The molecule has 154 valence electrons. The first-order chi connectivity index (χ1) is 15.2. The molecule has 5 rings (SSSR count). The van der Waals surface area contributed by atoms with Crippen LogP contribution in [0.1, 0.15) is 16.8 Å². The van der Waals surface area contributed by atoms with Gasteiger partial charge in [-0.05, 0) is 23.8 Å². The summed E-state index contributed by atoms with van der Waals surface area (Å²) in [6.07, 6.45) is 9.33. The lowest BCUT2D eigenvalue weighted by atomic mass is 10.1. The van der Waals surface area contributed by atoms with Gasteiger partial charge < -0.3 is 0 Å². The standard InChI is InChI=1S/C23H18F2N6/c24-18-2-3-19(20(25)7-18)22-4-1-15(8-28-22)12-31-6-5-21-17(13-31)11-29-23(30-21)16-9-26-14-27-10-16/h1-4,7-11,14H,5-6,12-13H2. The summed E-state index contributed by atoms with van der Waals surface area (Å²) in [5, 5.41) is 0. The highest BCUT2D eigenvalue weighted by molar-refractivity contribution is 5.59. The van der Waals surface area contributed by atoms with E-state index in [0.717, 1.165) is 48.0 Å². The molecule has 6 nitrogen and oxygen atoms in total. The van der Waals surface area contributed by atoms with Crippen molar-refractivity contribution in [1.82, 2.24) is 29.8 Å². The van der Waals surface area contributed by atoms with E-state index in [9.17, 15) is 8.78 Å². The first kappa shape index (κ1) is 19.3. The number of halogens is 2. The van der Waals surface area contributed by atoms with E-state index in [4.69, 9.17) is 4.98 Å². The maximum Gasteiger partial charge on any atom is 0.162 e. The predicted molar refractivity (Wildman–Crippen MR) is 110 cm³/mol. The Morgan fingerprint density at radius 1 is 0.935 bits per heavy atom. The molecule has 4 aromatic rings. The van der Waals surface area contributed by atoms with Crippen LogP contribution in [0.4, 0.5) is 8.78 Å². The van der Waals surface area contributed by atoms with Crippen molar-refractivity contribution in [2.75, 3.05) is 6.54 Å². The molecule has 0 radical (unpaired) electrons. The molecule has 0 aliphatic carbocycles. The number of hydrogen-bond acceptors (Lipinski definition) is 6. The van der Waals surface area contributed by atoms with Crippen LogP contribution in [0, 0.1) is 11.6 Å². The van der Waals surface area contributed by atoms with Crippen LogP contribution in [0.25, 0.3) is 22.6 Å². The zero-order valence-electron chi connectivity index (χ0n) is 16.5. The Morgan fingerprint density at radius 3 is 2.58 bits per heavy atom. The normalized spacial score (nSPS) is 13.7. The number of nitrogens with zero attached hydrogens (tertiary/aromatic N) is 6. The molecule has 0 spiro atoms. The average molecular weight is 416 g/mol. The van der Waals surface area contributed by atoms with Crippen LogP contribution in [-0.2, 0) is 19.5 Å². The summed E-state index contributed by atoms with van der Waals surface area (Å²) in [6, 6.07) is 7.20. The van der Waals surface area contributed by atoms with E-state index in [-0.39, 0.29) is 5.56 Å². The predicted octanol–water partition coefficient (Wildman–Crippen LogP) is 3.83. The molecule has 0 N–H and O–H groups in total. The number of benzene rings is 1. The quantitative estimate of drug-likeness (QED) is 0.504. The molecule has 0 atom stereocenters. The fraction of sp³-hybridized carbons (Fsp3) is 0.174. The molecule has 0 bridgehead atoms. The molecule has 3 aromatic heterocycles. The second-order valence-electron chi connectivity index (χ2n) is 7.43. The maximum absolute atomic E-state index is 14.0. The Hall–Kier alpha value is -3.65. The number of pyridine rings is 1. The lowest BCUT2D eigenvalue weighted by molar-refractivity contribution is 0.242. The van der Waals surface area contributed by atoms with Gasteiger partial charge >= 0.3 is 0 Å². The first-order valence-corrected chi connectivity index (χ1v) is 9.88. The van der Waals surface area contributed by atoms with Gasteiger partial charge in [0.05, 0.1) is 17.0 Å². The fourth-order valence-corrected chi connectivity index (χ4v) is 3.70. The number of rotatable bonds is 4. The molecule has 1 aromatic carbocycles. The molecular formula is C23H18F2N6. The third kappa shape index (κ3) is 4.15. The molecule has 0 saturated heterocycles. The third-order valence-corrected chi connectivity index (χ3v) is 5.27. The Labute approximate surface area is 177 Å². The molecule has 1 aliphatic heterocycles. The van der Waals surface area contributed by atoms with Gasteiger partial charge in [0.15, 0.2) is 5.82 Å². The molecule has 1 aliphatic rings. The number of aromatic nitrogens is 5. The molecule has 4 heterocycles. The van der Waals surface area contributed by atoms with E-state index in [2.05, 4.69) is 24.8 Å².